The van der Waals surface area contributed by atoms with Crippen molar-refractivity contribution in [1.29, 1.82) is 0 Å². The number of likely N-dealkylation sites (N-methyl/N-ethyl adjacent to an activating group) is 1. The molecule has 1 fully saturated rings. The molecule has 0 aliphatic carbocycles. The van der Waals surface area contributed by atoms with Gasteiger partial charge in [0.1, 0.15) is 0 Å². The highest BCUT2D eigenvalue weighted by Gasteiger charge is 2.22. The first-order valence-electron chi connectivity index (χ1n) is 6.49. The normalized spacial score (nSPS) is 21.6. The molecule has 4 nitrogen and oxygen atoms in total. The number of phenols is 1. The van der Waals surface area contributed by atoms with Crippen LogP contribution in [-0.4, -0.2) is 54.7 Å². The number of hydrogen-bond donors (Lipinski definition) is 1. The van der Waals surface area contributed by atoms with Gasteiger partial charge in [-0.25, -0.2) is 0 Å². The lowest BCUT2D eigenvalue weighted by Crippen LogP contribution is -2.49. The number of ether oxygens (including phenoxy) is 1. The third-order valence-electron chi connectivity index (χ3n) is 3.66. The predicted molar refractivity (Wildman–Crippen MR) is 77.0 cm³/mol. The van der Waals surface area contributed by atoms with Crippen molar-refractivity contribution < 1.29 is 9.84 Å². The van der Waals surface area contributed by atoms with E-state index in [1.54, 1.807) is 0 Å². The number of aromatic hydroxyl groups is 1. The fraction of sp³-hybridized carbons (Fsp3) is 0.571. The van der Waals surface area contributed by atoms with E-state index in [2.05, 4.69) is 23.8 Å². The Bertz CT molecular complexity index is 453. The van der Waals surface area contributed by atoms with Gasteiger partial charge < -0.3 is 14.7 Å². The molecule has 0 bridgehead atoms. The first-order valence-corrected chi connectivity index (χ1v) is 6.87. The largest absolute Gasteiger partial charge is 0.503 e. The van der Waals surface area contributed by atoms with E-state index < -0.39 is 0 Å². The number of hydrogen-bond acceptors (Lipinski definition) is 4. The van der Waals surface area contributed by atoms with E-state index in [0.717, 1.165) is 31.7 Å². The molecule has 1 heterocycles. The maximum atomic E-state index is 9.74. The summed E-state index contributed by atoms with van der Waals surface area (Å²) in [7, 11) is 3.68. The Hall–Kier alpha value is -0.970. The van der Waals surface area contributed by atoms with Crippen LogP contribution in [0.25, 0.3) is 0 Å². The summed E-state index contributed by atoms with van der Waals surface area (Å²) in [6.07, 6.45) is 0. The van der Waals surface area contributed by atoms with Crippen molar-refractivity contribution in [2.75, 3.05) is 33.8 Å². The van der Waals surface area contributed by atoms with Crippen LogP contribution in [0.2, 0.25) is 5.02 Å². The molecule has 19 heavy (non-hydrogen) atoms. The van der Waals surface area contributed by atoms with Crippen molar-refractivity contribution in [2.45, 2.75) is 19.5 Å². The molecule has 0 spiro atoms. The average molecular weight is 285 g/mol. The quantitative estimate of drug-likeness (QED) is 0.923. The lowest BCUT2D eigenvalue weighted by molar-refractivity contribution is 0.0937. The second kappa shape index (κ2) is 5.99. The number of benzene rings is 1. The fourth-order valence-corrected chi connectivity index (χ4v) is 2.75. The minimum Gasteiger partial charge on any atom is -0.503 e. The zero-order valence-corrected chi connectivity index (χ0v) is 12.4. The van der Waals surface area contributed by atoms with Crippen molar-refractivity contribution in [2.24, 2.45) is 0 Å². The van der Waals surface area contributed by atoms with Gasteiger partial charge in [-0.05, 0) is 31.7 Å². The van der Waals surface area contributed by atoms with Crippen LogP contribution in [0.5, 0.6) is 11.5 Å². The van der Waals surface area contributed by atoms with E-state index >= 15 is 0 Å². The van der Waals surface area contributed by atoms with Crippen molar-refractivity contribution in [3.05, 3.63) is 22.7 Å². The Kier molecular flexibility index (Phi) is 4.55. The number of nitrogens with zero attached hydrogens (tertiary/aromatic N) is 2. The van der Waals surface area contributed by atoms with Crippen LogP contribution in [-0.2, 0) is 6.54 Å². The van der Waals surface area contributed by atoms with Crippen LogP contribution in [0.4, 0.5) is 0 Å². The van der Waals surface area contributed by atoms with Gasteiger partial charge in [0.25, 0.3) is 0 Å². The molecular weight excluding hydrogens is 264 g/mol. The number of piperazine rings is 1. The lowest BCUT2D eigenvalue weighted by Gasteiger charge is -2.38. The van der Waals surface area contributed by atoms with Gasteiger partial charge >= 0.3 is 0 Å². The Morgan fingerprint density at radius 3 is 2.79 bits per heavy atom. The molecule has 0 saturated carbocycles. The maximum Gasteiger partial charge on any atom is 0.176 e. The third-order valence-corrected chi connectivity index (χ3v) is 3.95. The number of methoxy groups -OCH3 is 1. The summed E-state index contributed by atoms with van der Waals surface area (Å²) in [5.74, 6) is 0.448. The molecular formula is C14H21ClN2O2. The van der Waals surface area contributed by atoms with E-state index in [9.17, 15) is 5.11 Å². The molecule has 106 valence electrons. The Labute approximate surface area is 119 Å². The highest BCUT2D eigenvalue weighted by molar-refractivity contribution is 6.32. The molecule has 1 aliphatic rings. The zero-order valence-electron chi connectivity index (χ0n) is 11.7. The average Bonchev–Trinajstić information content (AvgIpc) is 2.37. The van der Waals surface area contributed by atoms with Gasteiger partial charge in [0.15, 0.2) is 11.5 Å². The molecule has 5 heteroatoms. The molecule has 2 rings (SSSR count). The van der Waals surface area contributed by atoms with Gasteiger partial charge in [-0.3, -0.25) is 4.90 Å². The summed E-state index contributed by atoms with van der Waals surface area (Å²) < 4.78 is 5.14. The van der Waals surface area contributed by atoms with E-state index in [0.29, 0.717) is 16.8 Å². The maximum absolute atomic E-state index is 9.74. The molecule has 1 aromatic rings. The Morgan fingerprint density at radius 2 is 2.16 bits per heavy atom. The Morgan fingerprint density at radius 1 is 1.42 bits per heavy atom. The molecule has 1 aliphatic heterocycles. The van der Waals surface area contributed by atoms with Crippen LogP contribution in [0.3, 0.4) is 0 Å². The van der Waals surface area contributed by atoms with Crippen molar-refractivity contribution in [3.63, 3.8) is 0 Å². The lowest BCUT2D eigenvalue weighted by atomic mass is 10.1. The third kappa shape index (κ3) is 3.32. The number of phenolic OH excluding ortho intramolecular Hbond substituents is 1. The van der Waals surface area contributed by atoms with E-state index in [1.807, 2.05) is 12.1 Å². The monoisotopic (exact) mass is 284 g/mol. The Balaban J connectivity index is 2.13. The first-order chi connectivity index (χ1) is 9.01. The van der Waals surface area contributed by atoms with Crippen molar-refractivity contribution >= 4 is 11.6 Å². The van der Waals surface area contributed by atoms with Gasteiger partial charge in [0, 0.05) is 32.2 Å². The van der Waals surface area contributed by atoms with Crippen LogP contribution in [0.1, 0.15) is 12.5 Å². The van der Waals surface area contributed by atoms with Crippen molar-refractivity contribution in [1.82, 2.24) is 9.80 Å². The van der Waals surface area contributed by atoms with E-state index in [1.165, 1.54) is 7.11 Å². The molecule has 1 aromatic carbocycles. The van der Waals surface area contributed by atoms with E-state index in [4.69, 9.17) is 16.3 Å². The fourth-order valence-electron chi connectivity index (χ4n) is 2.52. The molecule has 1 unspecified atom stereocenters. The summed E-state index contributed by atoms with van der Waals surface area (Å²) >= 11 is 6.02. The zero-order chi connectivity index (χ0) is 14.0. The number of rotatable bonds is 3. The minimum atomic E-state index is 0.0133. The van der Waals surface area contributed by atoms with Gasteiger partial charge in [0.05, 0.1) is 12.1 Å². The SMILES string of the molecule is COc1cc(CN2CCN(C)CC2C)cc(Cl)c1O. The highest BCUT2D eigenvalue weighted by Crippen LogP contribution is 2.35. The molecule has 0 amide bonds. The second-order valence-corrected chi connectivity index (χ2v) is 5.62. The van der Waals surface area contributed by atoms with Crippen LogP contribution in [0, 0.1) is 0 Å². The first kappa shape index (κ1) is 14.4. The predicted octanol–water partition coefficient (Wildman–Crippen LogP) is 2.19. The van der Waals surface area contributed by atoms with Gasteiger partial charge in [-0.1, -0.05) is 11.6 Å². The summed E-state index contributed by atoms with van der Waals surface area (Å²) in [6, 6.07) is 4.17. The van der Waals surface area contributed by atoms with Gasteiger partial charge in [-0.15, -0.1) is 0 Å². The molecule has 0 aromatic heterocycles. The standard InChI is InChI=1S/C14H21ClN2O2/c1-10-8-16(2)4-5-17(10)9-11-6-12(15)14(18)13(7-11)19-3/h6-7,10,18H,4-5,8-9H2,1-3H3. The van der Waals surface area contributed by atoms with Crippen LogP contribution < -0.4 is 4.74 Å². The van der Waals surface area contributed by atoms with Gasteiger partial charge in [0.2, 0.25) is 0 Å². The van der Waals surface area contributed by atoms with Crippen LogP contribution >= 0.6 is 11.6 Å². The second-order valence-electron chi connectivity index (χ2n) is 5.21. The topological polar surface area (TPSA) is 35.9 Å². The molecule has 0 radical (unpaired) electrons. The molecule has 1 N–H and O–H groups in total. The smallest absolute Gasteiger partial charge is 0.176 e. The summed E-state index contributed by atoms with van der Waals surface area (Å²) in [5, 5.41) is 10.1. The number of halogens is 1. The highest BCUT2D eigenvalue weighted by atomic mass is 35.5. The molecule has 1 saturated heterocycles. The minimum absolute atomic E-state index is 0.0133. The summed E-state index contributed by atoms with van der Waals surface area (Å²) in [5.41, 5.74) is 1.07. The summed E-state index contributed by atoms with van der Waals surface area (Å²) in [4.78, 5) is 4.76. The van der Waals surface area contributed by atoms with Crippen LogP contribution in [0.15, 0.2) is 12.1 Å². The van der Waals surface area contributed by atoms with E-state index in [-0.39, 0.29) is 5.75 Å². The summed E-state index contributed by atoms with van der Waals surface area (Å²) in [6.45, 7) is 6.25. The van der Waals surface area contributed by atoms with Gasteiger partial charge in [-0.2, -0.15) is 0 Å². The molecule has 1 atom stereocenters. The van der Waals surface area contributed by atoms with Crippen molar-refractivity contribution in [3.8, 4) is 11.5 Å².